The van der Waals surface area contributed by atoms with Crippen LogP contribution in [-0.2, 0) is 9.22 Å². The standard InChI is InChI=1S/C16H23NO3Si/c1-4-21(5-2,6-3)20-16-15(19)13(17-16)14(18)12-10-8-7-9-11-12/h7-11,13,16-17H,4-6H2,1-3H3. The van der Waals surface area contributed by atoms with E-state index in [0.717, 1.165) is 18.1 Å². The molecule has 1 aromatic carbocycles. The lowest BCUT2D eigenvalue weighted by molar-refractivity contribution is -0.138. The zero-order valence-corrected chi connectivity index (χ0v) is 13.9. The molecule has 0 radical (unpaired) electrons. The smallest absolute Gasteiger partial charge is 0.200 e. The Kier molecular flexibility index (Phi) is 5.08. The quantitative estimate of drug-likeness (QED) is 0.478. The number of benzene rings is 1. The van der Waals surface area contributed by atoms with Gasteiger partial charge in [0.05, 0.1) is 0 Å². The molecule has 0 aromatic heterocycles. The number of rotatable bonds is 7. The number of Topliss-reactive ketones (excluding diaryl/α,β-unsaturated/α-hetero) is 2. The van der Waals surface area contributed by atoms with Gasteiger partial charge in [-0.2, -0.15) is 0 Å². The average molecular weight is 305 g/mol. The molecule has 1 aromatic rings. The highest BCUT2D eigenvalue weighted by Crippen LogP contribution is 2.26. The van der Waals surface area contributed by atoms with Crippen LogP contribution in [0.3, 0.4) is 0 Å². The molecular formula is C16H23NO3Si. The van der Waals surface area contributed by atoms with Gasteiger partial charge >= 0.3 is 0 Å². The Bertz CT molecular complexity index is 505. The molecule has 0 amide bonds. The number of carbonyl (C=O) groups excluding carboxylic acids is 2. The van der Waals surface area contributed by atoms with Crippen LogP contribution in [0.25, 0.3) is 0 Å². The Balaban J connectivity index is 1.99. The van der Waals surface area contributed by atoms with Gasteiger partial charge in [0.25, 0.3) is 0 Å². The fourth-order valence-electron chi connectivity index (χ4n) is 2.69. The van der Waals surface area contributed by atoms with Crippen LogP contribution in [0, 0.1) is 0 Å². The van der Waals surface area contributed by atoms with Crippen LogP contribution in [0.1, 0.15) is 31.1 Å². The number of hydrogen-bond acceptors (Lipinski definition) is 4. The third kappa shape index (κ3) is 3.15. The molecule has 1 aliphatic rings. The summed E-state index contributed by atoms with van der Waals surface area (Å²) >= 11 is 0. The van der Waals surface area contributed by atoms with Crippen molar-refractivity contribution in [2.45, 2.75) is 51.2 Å². The second-order valence-electron chi connectivity index (χ2n) is 5.47. The van der Waals surface area contributed by atoms with Gasteiger partial charge in [0, 0.05) is 5.56 Å². The first kappa shape index (κ1) is 16.1. The minimum atomic E-state index is -1.83. The van der Waals surface area contributed by atoms with Crippen molar-refractivity contribution < 1.29 is 14.0 Å². The Labute approximate surface area is 127 Å². The largest absolute Gasteiger partial charge is 0.395 e. The second kappa shape index (κ2) is 6.64. The zero-order valence-electron chi connectivity index (χ0n) is 12.9. The van der Waals surface area contributed by atoms with Crippen molar-refractivity contribution in [1.82, 2.24) is 5.32 Å². The van der Waals surface area contributed by atoms with Gasteiger partial charge in [-0.3, -0.25) is 14.9 Å². The molecule has 0 aliphatic carbocycles. The number of carbonyl (C=O) groups is 2. The minimum Gasteiger partial charge on any atom is -0.395 e. The molecule has 2 atom stereocenters. The van der Waals surface area contributed by atoms with E-state index >= 15 is 0 Å². The summed E-state index contributed by atoms with van der Waals surface area (Å²) in [4.78, 5) is 24.4. The van der Waals surface area contributed by atoms with Crippen LogP contribution in [0.15, 0.2) is 30.3 Å². The van der Waals surface area contributed by atoms with E-state index in [1.807, 2.05) is 6.07 Å². The molecule has 0 saturated carbocycles. The Morgan fingerprint density at radius 2 is 1.71 bits per heavy atom. The molecule has 2 unspecified atom stereocenters. The molecule has 1 N–H and O–H groups in total. The van der Waals surface area contributed by atoms with Crippen molar-refractivity contribution in [2.24, 2.45) is 0 Å². The SMILES string of the molecule is CC[Si](CC)(CC)OC1NC(C(=O)c2ccccc2)C1=O. The molecule has 1 saturated heterocycles. The van der Waals surface area contributed by atoms with Gasteiger partial charge in [0.15, 0.2) is 26.1 Å². The summed E-state index contributed by atoms with van der Waals surface area (Å²) in [5.41, 5.74) is 0.562. The molecule has 0 bridgehead atoms. The van der Waals surface area contributed by atoms with Crippen molar-refractivity contribution in [1.29, 1.82) is 0 Å². The lowest BCUT2D eigenvalue weighted by Gasteiger charge is -2.40. The van der Waals surface area contributed by atoms with Gasteiger partial charge in [-0.1, -0.05) is 51.1 Å². The number of ketones is 2. The Morgan fingerprint density at radius 1 is 1.14 bits per heavy atom. The van der Waals surface area contributed by atoms with E-state index in [2.05, 4.69) is 26.1 Å². The van der Waals surface area contributed by atoms with Crippen LogP contribution < -0.4 is 5.32 Å². The van der Waals surface area contributed by atoms with E-state index in [4.69, 9.17) is 4.43 Å². The summed E-state index contributed by atoms with van der Waals surface area (Å²) in [7, 11) is -1.83. The molecule has 2 rings (SSSR count). The van der Waals surface area contributed by atoms with E-state index < -0.39 is 20.6 Å². The second-order valence-corrected chi connectivity index (χ2v) is 10.2. The van der Waals surface area contributed by atoms with Crippen molar-refractivity contribution in [3.05, 3.63) is 35.9 Å². The van der Waals surface area contributed by atoms with E-state index in [1.165, 1.54) is 0 Å². The molecule has 1 heterocycles. The summed E-state index contributed by atoms with van der Waals surface area (Å²) in [6.07, 6.45) is -0.589. The maximum Gasteiger partial charge on any atom is 0.200 e. The highest BCUT2D eigenvalue weighted by atomic mass is 28.4. The van der Waals surface area contributed by atoms with Gasteiger partial charge in [-0.05, 0) is 18.1 Å². The summed E-state index contributed by atoms with van der Waals surface area (Å²) in [6, 6.07) is 11.1. The molecule has 1 fully saturated rings. The molecule has 5 heteroatoms. The summed E-state index contributed by atoms with van der Waals surface area (Å²) < 4.78 is 6.08. The lowest BCUT2D eigenvalue weighted by Crippen LogP contribution is -2.69. The van der Waals surface area contributed by atoms with Crippen LogP contribution in [-0.4, -0.2) is 32.2 Å². The van der Waals surface area contributed by atoms with Crippen LogP contribution in [0.4, 0.5) is 0 Å². The molecule has 21 heavy (non-hydrogen) atoms. The lowest BCUT2D eigenvalue weighted by atomic mass is 9.94. The first-order valence-electron chi connectivity index (χ1n) is 7.63. The van der Waals surface area contributed by atoms with E-state index in [1.54, 1.807) is 24.3 Å². The normalized spacial score (nSPS) is 22.0. The van der Waals surface area contributed by atoms with Gasteiger partial charge in [0.1, 0.15) is 6.04 Å². The van der Waals surface area contributed by atoms with Crippen molar-refractivity contribution in [3.8, 4) is 0 Å². The van der Waals surface area contributed by atoms with Crippen molar-refractivity contribution in [2.75, 3.05) is 0 Å². The molecule has 114 valence electrons. The third-order valence-electron chi connectivity index (χ3n) is 4.48. The molecular weight excluding hydrogens is 282 g/mol. The van der Waals surface area contributed by atoms with Crippen molar-refractivity contribution in [3.63, 3.8) is 0 Å². The highest BCUT2D eigenvalue weighted by Gasteiger charge is 2.47. The predicted octanol–water partition coefficient (Wildman–Crippen LogP) is 2.76. The van der Waals surface area contributed by atoms with Crippen molar-refractivity contribution >= 4 is 19.9 Å². The summed E-state index contributed by atoms with van der Waals surface area (Å²) in [5, 5.41) is 3.00. The first-order valence-corrected chi connectivity index (χ1v) is 10.2. The molecule has 1 aliphatic heterocycles. The molecule has 0 spiro atoms. The topological polar surface area (TPSA) is 55.4 Å². The van der Waals surface area contributed by atoms with E-state index in [9.17, 15) is 9.59 Å². The van der Waals surface area contributed by atoms with Gasteiger partial charge in [-0.15, -0.1) is 0 Å². The van der Waals surface area contributed by atoms with Crippen LogP contribution >= 0.6 is 0 Å². The fourth-order valence-corrected chi connectivity index (χ4v) is 5.37. The summed E-state index contributed by atoms with van der Waals surface area (Å²) in [5.74, 6) is -0.298. The summed E-state index contributed by atoms with van der Waals surface area (Å²) in [6.45, 7) is 6.36. The average Bonchev–Trinajstić information content (AvgIpc) is 2.55. The minimum absolute atomic E-state index is 0.129. The maximum absolute atomic E-state index is 12.2. The Morgan fingerprint density at radius 3 is 2.19 bits per heavy atom. The van der Waals surface area contributed by atoms with E-state index in [-0.39, 0.29) is 11.6 Å². The van der Waals surface area contributed by atoms with E-state index in [0.29, 0.717) is 5.56 Å². The fraction of sp³-hybridized carbons (Fsp3) is 0.500. The number of nitrogens with one attached hydrogen (secondary N) is 1. The van der Waals surface area contributed by atoms with Gasteiger partial charge in [0.2, 0.25) is 0 Å². The predicted molar refractivity (Wildman–Crippen MR) is 84.8 cm³/mol. The zero-order chi connectivity index (χ0) is 15.5. The first-order chi connectivity index (χ1) is 10.1. The van der Waals surface area contributed by atoms with Crippen LogP contribution in [0.5, 0.6) is 0 Å². The molecule has 4 nitrogen and oxygen atoms in total. The van der Waals surface area contributed by atoms with Gasteiger partial charge < -0.3 is 4.43 Å². The number of hydrogen-bond donors (Lipinski definition) is 1. The highest BCUT2D eigenvalue weighted by molar-refractivity contribution is 6.73. The monoisotopic (exact) mass is 305 g/mol. The third-order valence-corrected chi connectivity index (χ3v) is 9.08. The van der Waals surface area contributed by atoms with Crippen LogP contribution in [0.2, 0.25) is 18.1 Å². The maximum atomic E-state index is 12.2. The Hall–Kier alpha value is -1.30. The van der Waals surface area contributed by atoms with Gasteiger partial charge in [-0.25, -0.2) is 0 Å².